The smallest absolute Gasteiger partial charge is 0.251 e. The van der Waals surface area contributed by atoms with Crippen molar-refractivity contribution in [3.05, 3.63) is 18.0 Å². The Labute approximate surface area is 144 Å². The lowest BCUT2D eigenvalue weighted by Crippen LogP contribution is -2.44. The Bertz CT molecular complexity index is 539. The van der Waals surface area contributed by atoms with E-state index >= 15 is 0 Å². The van der Waals surface area contributed by atoms with Gasteiger partial charge in [0, 0.05) is 19.3 Å². The minimum absolute atomic E-state index is 0.0946. The van der Waals surface area contributed by atoms with E-state index in [1.165, 1.54) is 6.42 Å². The first-order valence-corrected chi connectivity index (χ1v) is 9.16. The lowest BCUT2D eigenvalue weighted by Gasteiger charge is -2.29. The van der Waals surface area contributed by atoms with Gasteiger partial charge < -0.3 is 14.4 Å². The Balaban J connectivity index is 1.50. The molecular weight excluding hydrogens is 306 g/mol. The summed E-state index contributed by atoms with van der Waals surface area (Å²) in [6.07, 6.45) is 9.06. The monoisotopic (exact) mass is 335 g/mol. The van der Waals surface area contributed by atoms with E-state index in [9.17, 15) is 4.79 Å². The minimum Gasteiger partial charge on any atom is -0.376 e. The van der Waals surface area contributed by atoms with Crippen molar-refractivity contribution in [2.45, 2.75) is 70.7 Å². The van der Waals surface area contributed by atoms with Crippen molar-refractivity contribution in [1.29, 1.82) is 0 Å². The quantitative estimate of drug-likeness (QED) is 0.799. The maximum Gasteiger partial charge on any atom is 0.251 e. The molecule has 24 heavy (non-hydrogen) atoms. The van der Waals surface area contributed by atoms with Gasteiger partial charge in [-0.15, -0.1) is 0 Å². The molecule has 2 saturated heterocycles. The first kappa shape index (κ1) is 17.4. The van der Waals surface area contributed by atoms with Crippen LogP contribution in [0.4, 0.5) is 0 Å². The lowest BCUT2D eigenvalue weighted by atomic mass is 10.1. The van der Waals surface area contributed by atoms with Crippen LogP contribution in [-0.2, 0) is 20.8 Å². The second kappa shape index (κ2) is 8.12. The van der Waals surface area contributed by atoms with Gasteiger partial charge in [-0.05, 0) is 51.5 Å². The molecule has 1 aromatic heterocycles. The van der Waals surface area contributed by atoms with Gasteiger partial charge in [0.05, 0.1) is 31.5 Å². The number of nitrogens with zero attached hydrogens (tertiary/aromatic N) is 3. The van der Waals surface area contributed by atoms with E-state index in [-0.39, 0.29) is 18.1 Å². The van der Waals surface area contributed by atoms with E-state index in [0.717, 1.165) is 50.9 Å². The zero-order valence-electron chi connectivity index (χ0n) is 14.8. The van der Waals surface area contributed by atoms with E-state index < -0.39 is 6.10 Å². The predicted molar refractivity (Wildman–Crippen MR) is 90.7 cm³/mol. The van der Waals surface area contributed by atoms with Gasteiger partial charge in [0.2, 0.25) is 0 Å². The molecule has 3 rings (SSSR count). The fraction of sp³-hybridized carbons (Fsp3) is 0.778. The Morgan fingerprint density at radius 3 is 3.00 bits per heavy atom. The highest BCUT2D eigenvalue weighted by Crippen LogP contribution is 2.21. The van der Waals surface area contributed by atoms with Crippen molar-refractivity contribution in [2.24, 2.45) is 0 Å². The molecule has 6 heteroatoms. The van der Waals surface area contributed by atoms with Crippen LogP contribution in [0.1, 0.15) is 44.6 Å². The van der Waals surface area contributed by atoms with E-state index in [1.807, 2.05) is 35.8 Å². The summed E-state index contributed by atoms with van der Waals surface area (Å²) in [5.74, 6) is 0.0946. The Morgan fingerprint density at radius 1 is 1.42 bits per heavy atom. The van der Waals surface area contributed by atoms with Crippen LogP contribution in [0, 0.1) is 6.92 Å². The molecular formula is C18H29N3O3. The second-order valence-electron chi connectivity index (χ2n) is 7.03. The molecule has 1 aromatic rings. The third-order valence-electron chi connectivity index (χ3n) is 4.97. The lowest BCUT2D eigenvalue weighted by molar-refractivity contribution is -0.147. The fourth-order valence-corrected chi connectivity index (χ4v) is 3.59. The number of amides is 1. The molecule has 0 N–H and O–H groups in total. The summed E-state index contributed by atoms with van der Waals surface area (Å²) in [6.45, 7) is 6.80. The topological polar surface area (TPSA) is 56.6 Å². The molecule has 1 amide bonds. The van der Waals surface area contributed by atoms with Gasteiger partial charge in [0.1, 0.15) is 6.10 Å². The first-order valence-electron chi connectivity index (χ1n) is 9.16. The van der Waals surface area contributed by atoms with E-state index in [0.29, 0.717) is 6.61 Å². The predicted octanol–water partition coefficient (Wildman–Crippen LogP) is 2.16. The number of carbonyl (C=O) groups is 1. The number of hydrogen-bond acceptors (Lipinski definition) is 4. The van der Waals surface area contributed by atoms with Gasteiger partial charge in [-0.25, -0.2) is 0 Å². The SMILES string of the molecule is Cc1cnn(CC2CCCN2C(=O)C(C)OCC2CCCCO2)c1. The molecule has 2 aliphatic heterocycles. The largest absolute Gasteiger partial charge is 0.376 e. The summed E-state index contributed by atoms with van der Waals surface area (Å²) >= 11 is 0. The third-order valence-corrected chi connectivity index (χ3v) is 4.97. The van der Waals surface area contributed by atoms with Crippen molar-refractivity contribution < 1.29 is 14.3 Å². The molecule has 0 aromatic carbocycles. The molecule has 3 unspecified atom stereocenters. The van der Waals surface area contributed by atoms with Crippen molar-refractivity contribution in [3.63, 3.8) is 0 Å². The molecule has 0 saturated carbocycles. The standard InChI is InChI=1S/C18H29N3O3/c1-14-10-19-20(11-14)12-16-6-5-8-21(16)18(22)15(2)24-13-17-7-3-4-9-23-17/h10-11,15-17H,3-9,12-13H2,1-2H3. The van der Waals surface area contributed by atoms with Crippen LogP contribution < -0.4 is 0 Å². The maximum absolute atomic E-state index is 12.8. The van der Waals surface area contributed by atoms with Crippen LogP contribution in [-0.4, -0.2) is 58.6 Å². The zero-order chi connectivity index (χ0) is 16.9. The van der Waals surface area contributed by atoms with Crippen LogP contribution >= 0.6 is 0 Å². The van der Waals surface area contributed by atoms with Crippen LogP contribution in [0.3, 0.4) is 0 Å². The molecule has 3 heterocycles. The Morgan fingerprint density at radius 2 is 2.29 bits per heavy atom. The molecule has 3 atom stereocenters. The zero-order valence-corrected chi connectivity index (χ0v) is 14.8. The Kier molecular flexibility index (Phi) is 5.89. The average Bonchev–Trinajstić information content (AvgIpc) is 3.22. The van der Waals surface area contributed by atoms with Crippen molar-refractivity contribution in [2.75, 3.05) is 19.8 Å². The van der Waals surface area contributed by atoms with E-state index in [2.05, 4.69) is 5.10 Å². The molecule has 0 radical (unpaired) electrons. The number of rotatable bonds is 6. The average molecular weight is 335 g/mol. The van der Waals surface area contributed by atoms with Crippen LogP contribution in [0.25, 0.3) is 0 Å². The number of hydrogen-bond donors (Lipinski definition) is 0. The van der Waals surface area contributed by atoms with Gasteiger partial charge in [-0.3, -0.25) is 9.48 Å². The number of ether oxygens (including phenoxy) is 2. The molecule has 0 bridgehead atoms. The minimum atomic E-state index is -0.407. The second-order valence-corrected chi connectivity index (χ2v) is 7.03. The molecule has 134 valence electrons. The van der Waals surface area contributed by atoms with Gasteiger partial charge in [0.25, 0.3) is 5.91 Å². The first-order chi connectivity index (χ1) is 11.6. The highest BCUT2D eigenvalue weighted by atomic mass is 16.5. The number of aryl methyl sites for hydroxylation is 1. The summed E-state index contributed by atoms with van der Waals surface area (Å²) in [5, 5.41) is 4.35. The molecule has 2 fully saturated rings. The van der Waals surface area contributed by atoms with Gasteiger partial charge in [-0.2, -0.15) is 5.10 Å². The van der Waals surface area contributed by atoms with Gasteiger partial charge >= 0.3 is 0 Å². The van der Waals surface area contributed by atoms with Crippen LogP contribution in [0.2, 0.25) is 0 Å². The summed E-state index contributed by atoms with van der Waals surface area (Å²) in [4.78, 5) is 14.7. The number of carbonyl (C=O) groups excluding carboxylic acids is 1. The number of aromatic nitrogens is 2. The maximum atomic E-state index is 12.8. The highest BCUT2D eigenvalue weighted by Gasteiger charge is 2.32. The fourth-order valence-electron chi connectivity index (χ4n) is 3.59. The third kappa shape index (κ3) is 4.36. The highest BCUT2D eigenvalue weighted by molar-refractivity contribution is 5.81. The molecule has 0 spiro atoms. The molecule has 6 nitrogen and oxygen atoms in total. The normalized spacial score (nSPS) is 25.8. The molecule has 2 aliphatic rings. The van der Waals surface area contributed by atoms with Crippen molar-refractivity contribution >= 4 is 5.91 Å². The van der Waals surface area contributed by atoms with Gasteiger partial charge in [-0.1, -0.05) is 0 Å². The van der Waals surface area contributed by atoms with E-state index in [1.54, 1.807) is 0 Å². The summed E-state index contributed by atoms with van der Waals surface area (Å²) in [7, 11) is 0. The number of likely N-dealkylation sites (tertiary alicyclic amines) is 1. The summed E-state index contributed by atoms with van der Waals surface area (Å²) in [6, 6.07) is 0.216. The van der Waals surface area contributed by atoms with Crippen LogP contribution in [0.5, 0.6) is 0 Å². The van der Waals surface area contributed by atoms with E-state index in [4.69, 9.17) is 9.47 Å². The summed E-state index contributed by atoms with van der Waals surface area (Å²) in [5.41, 5.74) is 1.15. The van der Waals surface area contributed by atoms with Crippen molar-refractivity contribution in [3.8, 4) is 0 Å². The molecule has 0 aliphatic carbocycles. The van der Waals surface area contributed by atoms with Crippen molar-refractivity contribution in [1.82, 2.24) is 14.7 Å². The Hall–Kier alpha value is -1.40. The summed E-state index contributed by atoms with van der Waals surface area (Å²) < 4.78 is 13.4. The van der Waals surface area contributed by atoms with Crippen LogP contribution in [0.15, 0.2) is 12.4 Å². The van der Waals surface area contributed by atoms with Gasteiger partial charge in [0.15, 0.2) is 0 Å².